The molecule has 1 aromatic rings. The van der Waals surface area contributed by atoms with E-state index in [9.17, 15) is 9.59 Å². The molecule has 158 valence electrons. The zero-order valence-electron chi connectivity index (χ0n) is 16.6. The van der Waals surface area contributed by atoms with Crippen molar-refractivity contribution in [3.63, 3.8) is 0 Å². The number of rotatable bonds is 6. The molecule has 0 bridgehead atoms. The lowest BCUT2D eigenvalue weighted by Gasteiger charge is -2.39. The fourth-order valence-electron chi connectivity index (χ4n) is 3.62. The van der Waals surface area contributed by atoms with Gasteiger partial charge in [0.2, 0.25) is 11.8 Å². The molecular formula is C20H32Cl2N4O2. The van der Waals surface area contributed by atoms with Crippen LogP contribution in [0.25, 0.3) is 0 Å². The molecule has 6 nitrogen and oxygen atoms in total. The smallest absolute Gasteiger partial charge is 0.238 e. The SMILES string of the molecule is CCc1ccccc1NC(=O)CN1CCN(C(=O)C(C)C2CNC2)CC1.Cl.Cl. The van der Waals surface area contributed by atoms with Crippen LogP contribution in [0.15, 0.2) is 24.3 Å². The molecule has 1 atom stereocenters. The molecule has 3 rings (SSSR count). The second-order valence-electron chi connectivity index (χ2n) is 7.37. The van der Waals surface area contributed by atoms with E-state index >= 15 is 0 Å². The van der Waals surface area contributed by atoms with Crippen LogP contribution in [-0.4, -0.2) is 67.4 Å². The summed E-state index contributed by atoms with van der Waals surface area (Å²) in [5.41, 5.74) is 2.05. The molecule has 1 aromatic carbocycles. The first-order chi connectivity index (χ1) is 12.6. The largest absolute Gasteiger partial charge is 0.340 e. The maximum absolute atomic E-state index is 12.6. The Hall–Kier alpha value is -1.34. The predicted octanol–water partition coefficient (Wildman–Crippen LogP) is 2.03. The lowest BCUT2D eigenvalue weighted by molar-refractivity contribution is -0.139. The first kappa shape index (κ1) is 24.7. The van der Waals surface area contributed by atoms with Gasteiger partial charge in [0.1, 0.15) is 0 Å². The average molecular weight is 431 g/mol. The molecule has 0 saturated carbocycles. The van der Waals surface area contributed by atoms with E-state index in [2.05, 4.69) is 22.5 Å². The molecule has 2 aliphatic rings. The Bertz CT molecular complexity index is 647. The summed E-state index contributed by atoms with van der Waals surface area (Å²) < 4.78 is 0. The molecule has 0 aromatic heterocycles. The summed E-state index contributed by atoms with van der Waals surface area (Å²) in [7, 11) is 0. The number of carbonyl (C=O) groups excluding carboxylic acids is 2. The summed E-state index contributed by atoms with van der Waals surface area (Å²) in [6, 6.07) is 7.92. The third kappa shape index (κ3) is 6.08. The minimum absolute atomic E-state index is 0. The normalized spacial score (nSPS) is 18.3. The zero-order chi connectivity index (χ0) is 18.5. The van der Waals surface area contributed by atoms with Crippen molar-refractivity contribution in [3.8, 4) is 0 Å². The number of hydrogen-bond donors (Lipinski definition) is 2. The Labute approximate surface area is 180 Å². The van der Waals surface area contributed by atoms with Crippen LogP contribution in [0.1, 0.15) is 19.4 Å². The summed E-state index contributed by atoms with van der Waals surface area (Å²) in [5, 5.41) is 6.26. The number of anilines is 1. The van der Waals surface area contributed by atoms with Crippen molar-refractivity contribution < 1.29 is 9.59 Å². The summed E-state index contributed by atoms with van der Waals surface area (Å²) in [5.74, 6) is 0.846. The van der Waals surface area contributed by atoms with E-state index < -0.39 is 0 Å². The van der Waals surface area contributed by atoms with E-state index in [0.29, 0.717) is 25.6 Å². The summed E-state index contributed by atoms with van der Waals surface area (Å²) in [6.45, 7) is 9.33. The van der Waals surface area contributed by atoms with Crippen LogP contribution < -0.4 is 10.6 Å². The molecule has 2 heterocycles. The van der Waals surface area contributed by atoms with Crippen LogP contribution in [0.3, 0.4) is 0 Å². The Morgan fingerprint density at radius 2 is 1.79 bits per heavy atom. The molecule has 28 heavy (non-hydrogen) atoms. The molecule has 2 N–H and O–H groups in total. The summed E-state index contributed by atoms with van der Waals surface area (Å²) in [6.07, 6.45) is 0.895. The quantitative estimate of drug-likeness (QED) is 0.724. The van der Waals surface area contributed by atoms with Gasteiger partial charge in [-0.15, -0.1) is 24.8 Å². The standard InChI is InChI=1S/C20H30N4O2.2ClH/c1-3-16-6-4-5-7-18(16)22-19(25)14-23-8-10-24(11-9-23)20(26)15(2)17-12-21-13-17;;/h4-7,15,17,21H,3,8-14H2,1-2H3,(H,22,25);2*1H. The van der Waals surface area contributed by atoms with Crippen LogP contribution in [-0.2, 0) is 16.0 Å². The number of amides is 2. The summed E-state index contributed by atoms with van der Waals surface area (Å²) >= 11 is 0. The van der Waals surface area contributed by atoms with Gasteiger partial charge in [0.25, 0.3) is 0 Å². The van der Waals surface area contributed by atoms with E-state index in [0.717, 1.165) is 43.9 Å². The van der Waals surface area contributed by atoms with Crippen molar-refractivity contribution in [1.29, 1.82) is 0 Å². The van der Waals surface area contributed by atoms with Crippen LogP contribution in [0.5, 0.6) is 0 Å². The molecule has 2 aliphatic heterocycles. The van der Waals surface area contributed by atoms with Crippen molar-refractivity contribution in [2.45, 2.75) is 20.3 Å². The molecule has 2 amide bonds. The van der Waals surface area contributed by atoms with Crippen LogP contribution in [0, 0.1) is 11.8 Å². The fourth-order valence-corrected chi connectivity index (χ4v) is 3.62. The van der Waals surface area contributed by atoms with Gasteiger partial charge in [-0.3, -0.25) is 14.5 Å². The second-order valence-corrected chi connectivity index (χ2v) is 7.37. The molecule has 0 spiro atoms. The van der Waals surface area contributed by atoms with Gasteiger partial charge in [-0.25, -0.2) is 0 Å². The number of piperazine rings is 1. The highest BCUT2D eigenvalue weighted by Gasteiger charge is 2.33. The second kappa shape index (κ2) is 11.6. The monoisotopic (exact) mass is 430 g/mol. The number of para-hydroxylation sites is 1. The third-order valence-corrected chi connectivity index (χ3v) is 5.63. The number of hydrogen-bond acceptors (Lipinski definition) is 4. The van der Waals surface area contributed by atoms with Gasteiger partial charge in [-0.2, -0.15) is 0 Å². The molecule has 2 saturated heterocycles. The highest BCUT2D eigenvalue weighted by molar-refractivity contribution is 5.93. The van der Waals surface area contributed by atoms with E-state index in [1.807, 2.05) is 36.1 Å². The first-order valence-corrected chi connectivity index (χ1v) is 9.68. The van der Waals surface area contributed by atoms with Gasteiger partial charge in [-0.1, -0.05) is 32.0 Å². The van der Waals surface area contributed by atoms with E-state index in [1.54, 1.807) is 0 Å². The van der Waals surface area contributed by atoms with Crippen molar-refractivity contribution in [2.75, 3.05) is 51.1 Å². The molecule has 8 heteroatoms. The van der Waals surface area contributed by atoms with Gasteiger partial charge in [0.05, 0.1) is 6.54 Å². The fraction of sp³-hybridized carbons (Fsp3) is 0.600. The third-order valence-electron chi connectivity index (χ3n) is 5.63. The average Bonchev–Trinajstić information content (AvgIpc) is 2.60. The van der Waals surface area contributed by atoms with Crippen molar-refractivity contribution >= 4 is 42.3 Å². The van der Waals surface area contributed by atoms with Crippen LogP contribution in [0.4, 0.5) is 5.69 Å². The topological polar surface area (TPSA) is 64.7 Å². The van der Waals surface area contributed by atoms with E-state index in [4.69, 9.17) is 0 Å². The van der Waals surface area contributed by atoms with Crippen molar-refractivity contribution in [1.82, 2.24) is 15.1 Å². The van der Waals surface area contributed by atoms with Crippen LogP contribution >= 0.6 is 24.8 Å². The van der Waals surface area contributed by atoms with Gasteiger partial charge >= 0.3 is 0 Å². The number of carbonyl (C=O) groups is 2. The Kier molecular flexibility index (Phi) is 10.2. The Morgan fingerprint density at radius 1 is 1.14 bits per heavy atom. The number of halogens is 2. The van der Waals surface area contributed by atoms with E-state index in [1.165, 1.54) is 0 Å². The Balaban J connectivity index is 0.00000196. The minimum atomic E-state index is 0. The van der Waals surface area contributed by atoms with Gasteiger partial charge in [0.15, 0.2) is 0 Å². The van der Waals surface area contributed by atoms with Gasteiger partial charge < -0.3 is 15.5 Å². The zero-order valence-corrected chi connectivity index (χ0v) is 18.3. The number of aryl methyl sites for hydroxylation is 1. The van der Waals surface area contributed by atoms with Gasteiger partial charge in [0, 0.05) is 37.8 Å². The molecule has 0 aliphatic carbocycles. The number of benzene rings is 1. The lowest BCUT2D eigenvalue weighted by Crippen LogP contribution is -2.55. The number of nitrogens with zero attached hydrogens (tertiary/aromatic N) is 2. The highest BCUT2D eigenvalue weighted by atomic mass is 35.5. The summed E-state index contributed by atoms with van der Waals surface area (Å²) in [4.78, 5) is 29.0. The first-order valence-electron chi connectivity index (χ1n) is 9.68. The predicted molar refractivity (Wildman–Crippen MR) is 117 cm³/mol. The van der Waals surface area contributed by atoms with Crippen molar-refractivity contribution in [3.05, 3.63) is 29.8 Å². The maximum Gasteiger partial charge on any atom is 0.238 e. The molecular weight excluding hydrogens is 399 g/mol. The van der Waals surface area contributed by atoms with Gasteiger partial charge in [-0.05, 0) is 37.1 Å². The maximum atomic E-state index is 12.6. The highest BCUT2D eigenvalue weighted by Crippen LogP contribution is 2.19. The molecule has 0 radical (unpaired) electrons. The minimum Gasteiger partial charge on any atom is -0.340 e. The van der Waals surface area contributed by atoms with Crippen molar-refractivity contribution in [2.24, 2.45) is 11.8 Å². The van der Waals surface area contributed by atoms with Crippen LogP contribution in [0.2, 0.25) is 0 Å². The molecule has 1 unspecified atom stereocenters. The molecule has 2 fully saturated rings. The lowest BCUT2D eigenvalue weighted by atomic mass is 9.88. The van der Waals surface area contributed by atoms with E-state index in [-0.39, 0.29) is 42.5 Å². The number of nitrogens with one attached hydrogen (secondary N) is 2. The Morgan fingerprint density at radius 3 is 2.36 bits per heavy atom.